The number of carbonyl (C=O) groups excluding carboxylic acids is 13. The van der Waals surface area contributed by atoms with Crippen LogP contribution in [0.3, 0.4) is 0 Å². The Kier molecular flexibility index (Phi) is 93.4. The summed E-state index contributed by atoms with van der Waals surface area (Å²) in [7, 11) is 0. The number of thiol groups is 1. The van der Waals surface area contributed by atoms with E-state index in [9.17, 15) is 57.5 Å². The molecule has 0 aromatic heterocycles. The molecule has 0 rings (SSSR count). The molecule has 0 fully saturated rings. The molecule has 1 amide bonds. The molecule has 0 aliphatic rings. The number of aldehydes is 4. The number of carbonyl (C=O) groups is 12. The van der Waals surface area contributed by atoms with Gasteiger partial charge in [0.05, 0.1) is 18.9 Å². The van der Waals surface area contributed by atoms with Crippen molar-refractivity contribution >= 4 is 109 Å². The van der Waals surface area contributed by atoms with Gasteiger partial charge in [0.1, 0.15) is 42.5 Å². The highest BCUT2D eigenvalue weighted by atomic mass is 32.1. The summed E-state index contributed by atoms with van der Waals surface area (Å²) >= 11 is 3.94. The molecule has 0 aromatic carbocycles. The molecule has 0 aromatic rings. The van der Waals surface area contributed by atoms with Crippen LogP contribution in [0.2, 0.25) is 0 Å². The van der Waals surface area contributed by atoms with Gasteiger partial charge >= 0.3 is 30.2 Å². The van der Waals surface area contributed by atoms with E-state index in [0.717, 1.165) is 57.2 Å². The van der Waals surface area contributed by atoms with Gasteiger partial charge in [-0.05, 0) is 71.6 Å². The van der Waals surface area contributed by atoms with E-state index in [-0.39, 0.29) is 90.9 Å². The highest BCUT2D eigenvalue weighted by Crippen LogP contribution is 2.03. The first-order valence-corrected chi connectivity index (χ1v) is 24.9. The van der Waals surface area contributed by atoms with Crippen LogP contribution in [0, 0.1) is 23.7 Å². The average molecular weight is 1130 g/mol. The summed E-state index contributed by atoms with van der Waals surface area (Å²) in [6, 6.07) is 0. The number of nitrogens with one attached hydrogen (secondary N) is 1. The first-order valence-electron chi connectivity index (χ1n) is 24.3. The SMILES string of the molecule is CC(=O)CCCC(=O)O.CC(=O)CCCCN=C(N)N.CC(C)CC=O.CC(C=O)CCCN=C(N)N.CC(CCC=O)C(=O)O.CC(CS)C(=O)NCC(=O)CCC(=O)O.CCC(C)=O.CCCC=O.O=C=O.O=C=O. The van der Waals surface area contributed by atoms with Gasteiger partial charge in [-0.1, -0.05) is 48.5 Å². The Labute approximate surface area is 458 Å². The lowest BCUT2D eigenvalue weighted by atomic mass is 10.1. The van der Waals surface area contributed by atoms with Crippen molar-refractivity contribution in [2.45, 2.75) is 172 Å². The second kappa shape index (κ2) is 77.8. The molecule has 12 N–H and O–H groups in total. The predicted octanol–water partition coefficient (Wildman–Crippen LogP) is 3.55. The second-order valence-corrected chi connectivity index (χ2v) is 16.5. The van der Waals surface area contributed by atoms with E-state index in [1.165, 1.54) is 6.92 Å². The molecular formula is C50H91N7O19S. The fourth-order valence-electron chi connectivity index (χ4n) is 3.40. The highest BCUT2D eigenvalue weighted by Gasteiger charge is 2.12. The van der Waals surface area contributed by atoms with Gasteiger partial charge in [0, 0.05) is 82.0 Å². The maximum Gasteiger partial charge on any atom is 0.373 e. The van der Waals surface area contributed by atoms with E-state index < -0.39 is 23.8 Å². The van der Waals surface area contributed by atoms with Crippen LogP contribution in [0.25, 0.3) is 0 Å². The molecule has 0 bridgehead atoms. The topological polar surface area (TPSA) is 475 Å². The molecule has 77 heavy (non-hydrogen) atoms. The zero-order valence-corrected chi connectivity index (χ0v) is 47.7. The van der Waals surface area contributed by atoms with Crippen molar-refractivity contribution in [3.63, 3.8) is 0 Å². The number of amides is 1. The number of Topliss-reactive ketones (excluding diaryl/α,β-unsaturated/α-hetero) is 4. The Balaban J connectivity index is -0.0000000837. The van der Waals surface area contributed by atoms with E-state index in [0.29, 0.717) is 76.1 Å². The molecule has 446 valence electrons. The Morgan fingerprint density at radius 2 is 1.01 bits per heavy atom. The number of nitrogens with zero attached hydrogens (tertiary/aromatic N) is 2. The fourth-order valence-corrected chi connectivity index (χ4v) is 3.57. The molecule has 26 nitrogen and oxygen atoms in total. The van der Waals surface area contributed by atoms with E-state index in [1.807, 2.05) is 34.6 Å². The number of unbranched alkanes of at least 4 members (excludes halogenated alkanes) is 2. The van der Waals surface area contributed by atoms with Gasteiger partial charge in [-0.2, -0.15) is 31.8 Å². The molecule has 0 aliphatic carbocycles. The van der Waals surface area contributed by atoms with Crippen LogP contribution < -0.4 is 28.3 Å². The Morgan fingerprint density at radius 3 is 1.30 bits per heavy atom. The van der Waals surface area contributed by atoms with Gasteiger partial charge in [0.25, 0.3) is 0 Å². The molecule has 3 unspecified atom stereocenters. The first-order chi connectivity index (χ1) is 35.8. The largest absolute Gasteiger partial charge is 0.481 e. The van der Waals surface area contributed by atoms with Gasteiger partial charge in [-0.15, -0.1) is 0 Å². The van der Waals surface area contributed by atoms with E-state index in [2.05, 4.69) is 27.9 Å². The third-order valence-corrected chi connectivity index (χ3v) is 8.45. The minimum atomic E-state index is -1.02. The van der Waals surface area contributed by atoms with E-state index in [1.54, 1.807) is 27.7 Å². The minimum absolute atomic E-state index is 0.0507. The Hall–Kier alpha value is -7.11. The number of guanidine groups is 2. The summed E-state index contributed by atoms with van der Waals surface area (Å²) in [6.45, 7) is 18.8. The summed E-state index contributed by atoms with van der Waals surface area (Å²) in [6.07, 6.45) is 12.6. The molecule has 0 spiro atoms. The quantitative estimate of drug-likeness (QED) is 0.0163. The van der Waals surface area contributed by atoms with Crippen molar-refractivity contribution in [2.75, 3.05) is 25.4 Å². The first kappa shape index (κ1) is 92.5. The number of hydrogen-bond acceptors (Lipinski definition) is 19. The smallest absolute Gasteiger partial charge is 0.373 e. The normalized spacial score (nSPS) is 9.77. The molecular weight excluding hydrogens is 1030 g/mol. The van der Waals surface area contributed by atoms with Crippen molar-refractivity contribution in [3.05, 3.63) is 0 Å². The number of aliphatic imine (C=N–C) groups is 2. The lowest BCUT2D eigenvalue weighted by Crippen LogP contribution is -2.34. The zero-order valence-electron chi connectivity index (χ0n) is 46.8. The number of nitrogens with two attached hydrogens (primary N) is 4. The van der Waals surface area contributed by atoms with E-state index in [4.69, 9.17) is 57.4 Å². The van der Waals surface area contributed by atoms with Crippen LogP contribution in [0.4, 0.5) is 0 Å². The number of hydrogen-bond donors (Lipinski definition) is 9. The lowest BCUT2D eigenvalue weighted by Gasteiger charge is -2.08. The van der Waals surface area contributed by atoms with Crippen LogP contribution >= 0.6 is 12.6 Å². The standard InChI is InChI=1S/C9H15NO4S.2C7H15N3O.2C6H10O3.C5H10O.2C4H8O.2CO2/c1-6(5-15)9(14)10-4-7(11)2-3-8(12)13;1-6(5-11)3-2-4-10-7(8)9;1-6(11)4-2-3-5-10-7(8)9;1-5(6(8)9)3-2-4-7;1-5(7)3-2-4-6(8)9;1-5(2)3-4-6;1-3-4(2)5;1-2-3-4-5;2*2-1-3/h6,15H,2-5H2,1H3,(H,10,14)(H,12,13);5-6H,2-4H2,1H3,(H4,8,9,10);2-5H2,1H3,(H4,8,9,10);4-5H,2-3H2,1H3,(H,8,9);2-4H2,1H3,(H,8,9);4-5H,3H2,1-2H3;3H2,1-2H3;4H,2-3H2,1H3;;. The maximum absolute atomic E-state index is 11.2. The Bertz CT molecular complexity index is 1670. The second-order valence-electron chi connectivity index (χ2n) is 16.2. The van der Waals surface area contributed by atoms with Crippen LogP contribution in [-0.4, -0.2) is 137 Å². The minimum Gasteiger partial charge on any atom is -0.481 e. The lowest BCUT2D eigenvalue weighted by molar-refractivity contribution is -0.193. The number of aliphatic carboxylic acids is 3. The van der Waals surface area contributed by atoms with Crippen molar-refractivity contribution in [1.82, 2.24) is 5.32 Å². The van der Waals surface area contributed by atoms with Crippen LogP contribution in [0.1, 0.15) is 172 Å². The number of rotatable bonds is 30. The van der Waals surface area contributed by atoms with Gasteiger partial charge in [0.2, 0.25) is 5.91 Å². The highest BCUT2D eigenvalue weighted by molar-refractivity contribution is 7.80. The van der Waals surface area contributed by atoms with Crippen LogP contribution in [-0.2, 0) is 76.7 Å². The Morgan fingerprint density at radius 1 is 0.584 bits per heavy atom. The van der Waals surface area contributed by atoms with Gasteiger partial charge in [0.15, 0.2) is 17.7 Å². The predicted molar refractivity (Wildman–Crippen MR) is 290 cm³/mol. The molecule has 0 heterocycles. The molecule has 3 atom stereocenters. The molecule has 0 saturated heterocycles. The molecule has 0 saturated carbocycles. The van der Waals surface area contributed by atoms with Gasteiger partial charge in [-0.25, -0.2) is 0 Å². The number of ketones is 4. The van der Waals surface area contributed by atoms with Gasteiger partial charge < -0.3 is 77.1 Å². The average Bonchev–Trinajstić information content (AvgIpc) is 3.34. The molecule has 0 aliphatic heterocycles. The summed E-state index contributed by atoms with van der Waals surface area (Å²) in [5.74, 6) is -2.04. The van der Waals surface area contributed by atoms with Crippen molar-refractivity contribution in [2.24, 2.45) is 56.6 Å². The van der Waals surface area contributed by atoms with Crippen molar-refractivity contribution < 1.29 is 92.0 Å². The summed E-state index contributed by atoms with van der Waals surface area (Å²) in [5.41, 5.74) is 20.4. The summed E-state index contributed by atoms with van der Waals surface area (Å²) < 4.78 is 0. The number of carboxylic acids is 3. The van der Waals surface area contributed by atoms with Crippen LogP contribution in [0.15, 0.2) is 9.98 Å². The fraction of sp³-hybridized carbons (Fsp3) is 0.680. The molecule has 0 radical (unpaired) electrons. The zero-order chi connectivity index (χ0) is 62.6. The summed E-state index contributed by atoms with van der Waals surface area (Å²) in [5, 5.41) is 27.2. The van der Waals surface area contributed by atoms with Crippen LogP contribution in [0.5, 0.6) is 0 Å². The van der Waals surface area contributed by atoms with E-state index >= 15 is 0 Å². The third-order valence-electron chi connectivity index (χ3n) is 7.91. The molecule has 27 heteroatoms. The number of carboxylic acid groups (broad SMARTS) is 3. The summed E-state index contributed by atoms with van der Waals surface area (Å²) in [4.78, 5) is 162. The van der Waals surface area contributed by atoms with Crippen molar-refractivity contribution in [3.8, 4) is 0 Å². The maximum atomic E-state index is 11.2. The monoisotopic (exact) mass is 1130 g/mol. The van der Waals surface area contributed by atoms with Gasteiger partial charge in [-0.3, -0.25) is 34.0 Å². The van der Waals surface area contributed by atoms with Crippen molar-refractivity contribution in [1.29, 1.82) is 0 Å². The third kappa shape index (κ3) is 140.